The molecule has 10 nitrogen and oxygen atoms in total. The van der Waals surface area contributed by atoms with Crippen molar-refractivity contribution in [3.8, 4) is 11.8 Å². The number of aliphatic carboxylic acids is 1. The summed E-state index contributed by atoms with van der Waals surface area (Å²) in [6, 6.07) is 2.69. The van der Waals surface area contributed by atoms with Gasteiger partial charge in [-0.05, 0) is 12.8 Å². The van der Waals surface area contributed by atoms with Crippen molar-refractivity contribution in [2.24, 2.45) is 0 Å². The molecule has 0 unspecified atom stereocenters. The van der Waals surface area contributed by atoms with Gasteiger partial charge in [0, 0.05) is 24.2 Å². The SMILES string of the molecule is COc1nc2cc([N+](=O)[O-])cc(CNC3(C(=O)O)CCCCC3)c2nc1OC. The summed E-state index contributed by atoms with van der Waals surface area (Å²) in [6.45, 7) is 0.106. The minimum Gasteiger partial charge on any atom is -0.480 e. The first kappa shape index (κ1) is 19.7. The maximum Gasteiger partial charge on any atom is 0.323 e. The highest BCUT2D eigenvalue weighted by Crippen LogP contribution is 2.32. The quantitative estimate of drug-likeness (QED) is 0.539. The van der Waals surface area contributed by atoms with Gasteiger partial charge in [-0.15, -0.1) is 0 Å². The highest BCUT2D eigenvalue weighted by Gasteiger charge is 2.39. The largest absolute Gasteiger partial charge is 0.480 e. The predicted molar refractivity (Wildman–Crippen MR) is 99.6 cm³/mol. The second kappa shape index (κ2) is 7.93. The normalized spacial score (nSPS) is 15.9. The van der Waals surface area contributed by atoms with Crippen molar-refractivity contribution in [2.45, 2.75) is 44.2 Å². The van der Waals surface area contributed by atoms with Gasteiger partial charge in [-0.2, -0.15) is 0 Å². The van der Waals surface area contributed by atoms with Crippen LogP contribution in [0.2, 0.25) is 0 Å². The number of ether oxygens (including phenoxy) is 2. The van der Waals surface area contributed by atoms with E-state index in [0.717, 1.165) is 19.3 Å². The molecule has 150 valence electrons. The second-order valence-corrected chi connectivity index (χ2v) is 6.77. The number of carboxylic acid groups (broad SMARTS) is 1. The Morgan fingerprint density at radius 1 is 1.21 bits per heavy atom. The number of benzene rings is 1. The number of hydrogen-bond donors (Lipinski definition) is 2. The third-order valence-electron chi connectivity index (χ3n) is 5.10. The van der Waals surface area contributed by atoms with Crippen LogP contribution in [0.5, 0.6) is 11.8 Å². The highest BCUT2D eigenvalue weighted by molar-refractivity contribution is 5.82. The van der Waals surface area contributed by atoms with E-state index in [2.05, 4.69) is 15.3 Å². The van der Waals surface area contributed by atoms with E-state index in [1.165, 1.54) is 26.4 Å². The molecule has 3 rings (SSSR count). The van der Waals surface area contributed by atoms with Gasteiger partial charge in [0.05, 0.1) is 24.7 Å². The van der Waals surface area contributed by atoms with Gasteiger partial charge < -0.3 is 14.6 Å². The van der Waals surface area contributed by atoms with Crippen LogP contribution >= 0.6 is 0 Å². The molecular weight excluding hydrogens is 368 g/mol. The fraction of sp³-hybridized carbons (Fsp3) is 0.500. The van der Waals surface area contributed by atoms with Crippen LogP contribution in [0.4, 0.5) is 5.69 Å². The number of hydrogen-bond acceptors (Lipinski definition) is 8. The van der Waals surface area contributed by atoms with Crippen LogP contribution in [0.15, 0.2) is 12.1 Å². The lowest BCUT2D eigenvalue weighted by Gasteiger charge is -2.34. The summed E-state index contributed by atoms with van der Waals surface area (Å²) in [5, 5.41) is 24.2. The smallest absolute Gasteiger partial charge is 0.323 e. The lowest BCUT2D eigenvalue weighted by Crippen LogP contribution is -2.52. The standard InChI is InChI=1S/C18H22N4O6/c1-27-15-16(28-2)21-14-11(8-12(22(25)26)9-13(14)20-15)10-19-18(17(23)24)6-4-3-5-7-18/h8-9,19H,3-7,10H2,1-2H3,(H,23,24). The predicted octanol–water partition coefficient (Wildman–Crippen LogP) is 2.43. The van der Waals surface area contributed by atoms with Crippen LogP contribution in [-0.2, 0) is 11.3 Å². The van der Waals surface area contributed by atoms with E-state index in [1.54, 1.807) is 0 Å². The monoisotopic (exact) mass is 390 g/mol. The number of rotatable bonds is 7. The molecule has 0 spiro atoms. The van der Waals surface area contributed by atoms with Crippen LogP contribution in [0.1, 0.15) is 37.7 Å². The molecule has 28 heavy (non-hydrogen) atoms. The molecule has 0 saturated heterocycles. The number of nitrogens with zero attached hydrogens (tertiary/aromatic N) is 3. The van der Waals surface area contributed by atoms with Crippen molar-refractivity contribution < 1.29 is 24.3 Å². The van der Waals surface area contributed by atoms with Crippen molar-refractivity contribution in [3.63, 3.8) is 0 Å². The summed E-state index contributed by atoms with van der Waals surface area (Å²) < 4.78 is 10.3. The van der Waals surface area contributed by atoms with E-state index in [0.29, 0.717) is 23.9 Å². The maximum atomic E-state index is 11.9. The molecule has 0 amide bonds. The van der Waals surface area contributed by atoms with Gasteiger partial charge in [0.15, 0.2) is 0 Å². The van der Waals surface area contributed by atoms with Gasteiger partial charge in [0.1, 0.15) is 11.1 Å². The lowest BCUT2D eigenvalue weighted by atomic mass is 9.81. The zero-order valence-electron chi connectivity index (χ0n) is 15.7. The van der Waals surface area contributed by atoms with Gasteiger partial charge in [0.2, 0.25) is 0 Å². The third kappa shape index (κ3) is 3.68. The molecule has 0 bridgehead atoms. The number of methoxy groups -OCH3 is 2. The van der Waals surface area contributed by atoms with Crippen LogP contribution in [-0.4, -0.2) is 45.7 Å². The molecule has 1 aliphatic carbocycles. The molecule has 1 aromatic heterocycles. The Bertz CT molecular complexity index is 911. The zero-order valence-corrected chi connectivity index (χ0v) is 15.7. The van der Waals surface area contributed by atoms with Gasteiger partial charge in [-0.3, -0.25) is 20.2 Å². The van der Waals surface area contributed by atoms with Crippen LogP contribution in [0.25, 0.3) is 11.0 Å². The van der Waals surface area contributed by atoms with Gasteiger partial charge in [-0.25, -0.2) is 9.97 Å². The molecule has 1 heterocycles. The maximum absolute atomic E-state index is 11.9. The lowest BCUT2D eigenvalue weighted by molar-refractivity contribution is -0.384. The molecule has 2 aromatic rings. The van der Waals surface area contributed by atoms with E-state index in [4.69, 9.17) is 9.47 Å². The first-order valence-electron chi connectivity index (χ1n) is 8.95. The zero-order chi connectivity index (χ0) is 20.3. The molecule has 1 aromatic carbocycles. The molecule has 1 aliphatic rings. The van der Waals surface area contributed by atoms with Gasteiger partial charge >= 0.3 is 5.97 Å². The number of nitro benzene ring substituents is 1. The summed E-state index contributed by atoms with van der Waals surface area (Å²) in [4.78, 5) is 31.3. The summed E-state index contributed by atoms with van der Waals surface area (Å²) in [7, 11) is 2.82. The summed E-state index contributed by atoms with van der Waals surface area (Å²) >= 11 is 0. The fourth-order valence-corrected chi connectivity index (χ4v) is 3.57. The number of carbonyl (C=O) groups is 1. The van der Waals surface area contributed by atoms with Crippen molar-refractivity contribution in [1.29, 1.82) is 0 Å². The summed E-state index contributed by atoms with van der Waals surface area (Å²) in [6.07, 6.45) is 3.66. The molecule has 0 radical (unpaired) electrons. The molecule has 0 aliphatic heterocycles. The fourth-order valence-electron chi connectivity index (χ4n) is 3.57. The number of aromatic nitrogens is 2. The van der Waals surface area contributed by atoms with E-state index in [-0.39, 0.29) is 29.5 Å². The van der Waals surface area contributed by atoms with Gasteiger partial charge in [0.25, 0.3) is 17.4 Å². The average molecular weight is 390 g/mol. The topological polar surface area (TPSA) is 137 Å². The van der Waals surface area contributed by atoms with Crippen molar-refractivity contribution >= 4 is 22.7 Å². The number of fused-ring (bicyclic) bond motifs is 1. The van der Waals surface area contributed by atoms with Crippen molar-refractivity contribution in [2.75, 3.05) is 14.2 Å². The first-order valence-corrected chi connectivity index (χ1v) is 8.95. The molecular formula is C18H22N4O6. The van der Waals surface area contributed by atoms with Crippen molar-refractivity contribution in [3.05, 3.63) is 27.8 Å². The van der Waals surface area contributed by atoms with Crippen LogP contribution in [0, 0.1) is 10.1 Å². The number of nitro groups is 1. The Morgan fingerprint density at radius 3 is 2.43 bits per heavy atom. The number of non-ortho nitro benzene ring substituents is 1. The van der Waals surface area contributed by atoms with E-state index < -0.39 is 16.4 Å². The Labute approximate surface area is 161 Å². The molecule has 1 saturated carbocycles. The molecule has 10 heteroatoms. The van der Waals surface area contributed by atoms with E-state index in [9.17, 15) is 20.0 Å². The average Bonchev–Trinajstić information content (AvgIpc) is 2.71. The number of nitrogens with one attached hydrogen (secondary N) is 1. The van der Waals surface area contributed by atoms with E-state index in [1.807, 2.05) is 0 Å². The molecule has 0 atom stereocenters. The second-order valence-electron chi connectivity index (χ2n) is 6.77. The Hall–Kier alpha value is -3.01. The van der Waals surface area contributed by atoms with E-state index >= 15 is 0 Å². The summed E-state index contributed by atoms with van der Waals surface area (Å²) in [5.74, 6) is -0.647. The first-order chi connectivity index (χ1) is 13.4. The Kier molecular flexibility index (Phi) is 5.59. The third-order valence-corrected chi connectivity index (χ3v) is 5.10. The van der Waals surface area contributed by atoms with Crippen LogP contribution in [0.3, 0.4) is 0 Å². The number of carboxylic acids is 1. The van der Waals surface area contributed by atoms with Crippen molar-refractivity contribution in [1.82, 2.24) is 15.3 Å². The Morgan fingerprint density at radius 2 is 1.86 bits per heavy atom. The molecule has 1 fully saturated rings. The minimum atomic E-state index is -1.04. The Balaban J connectivity index is 2.05. The minimum absolute atomic E-state index is 0.106. The summed E-state index contributed by atoms with van der Waals surface area (Å²) in [5.41, 5.74) is -0.0504. The van der Waals surface area contributed by atoms with Crippen LogP contribution < -0.4 is 14.8 Å². The highest BCUT2D eigenvalue weighted by atomic mass is 16.6. The van der Waals surface area contributed by atoms with Gasteiger partial charge in [-0.1, -0.05) is 19.3 Å². The molecule has 2 N–H and O–H groups in total.